The molecule has 0 aliphatic rings. The molecule has 0 radical (unpaired) electrons. The van der Waals surface area contributed by atoms with Gasteiger partial charge in [0.25, 0.3) is 0 Å². The summed E-state index contributed by atoms with van der Waals surface area (Å²) in [6.07, 6.45) is 3.75. The number of hydrogen-bond acceptors (Lipinski definition) is 2. The van der Waals surface area contributed by atoms with Crippen LogP contribution < -0.4 is 5.32 Å². The Bertz CT molecular complexity index is 557. The first-order valence-corrected chi connectivity index (χ1v) is 7.11. The van der Waals surface area contributed by atoms with Crippen molar-refractivity contribution in [3.05, 3.63) is 61.9 Å². The number of aryl methyl sites for hydroxylation is 1. The van der Waals surface area contributed by atoms with Crippen molar-refractivity contribution >= 4 is 34.2 Å². The van der Waals surface area contributed by atoms with Crippen LogP contribution in [0.25, 0.3) is 0 Å². The van der Waals surface area contributed by atoms with E-state index in [-0.39, 0.29) is 6.04 Å². The lowest BCUT2D eigenvalue weighted by atomic mass is 9.99. The number of rotatable bonds is 3. The lowest BCUT2D eigenvalue weighted by molar-refractivity contribution is 0.688. The minimum absolute atomic E-state index is 0.117. The molecule has 1 aromatic heterocycles. The van der Waals surface area contributed by atoms with Crippen molar-refractivity contribution in [3.63, 3.8) is 0 Å². The van der Waals surface area contributed by atoms with Crippen molar-refractivity contribution in [2.45, 2.75) is 13.0 Å². The molecule has 0 aliphatic carbocycles. The number of nitrogens with zero attached hydrogens (tertiary/aromatic N) is 1. The van der Waals surface area contributed by atoms with Crippen LogP contribution in [0.15, 0.2) is 36.7 Å². The van der Waals surface area contributed by atoms with E-state index in [2.05, 4.69) is 45.0 Å². The van der Waals surface area contributed by atoms with E-state index in [1.165, 1.54) is 0 Å². The molecular weight excluding hydrogens is 359 g/mol. The highest BCUT2D eigenvalue weighted by molar-refractivity contribution is 14.1. The summed E-state index contributed by atoms with van der Waals surface area (Å²) in [7, 11) is 1.94. The van der Waals surface area contributed by atoms with E-state index in [4.69, 9.17) is 11.6 Å². The molecule has 4 heteroatoms. The minimum atomic E-state index is 0.117. The number of aromatic nitrogens is 1. The summed E-state index contributed by atoms with van der Waals surface area (Å²) in [6.45, 7) is 2.05. The Morgan fingerprint density at radius 2 is 2.00 bits per heavy atom. The monoisotopic (exact) mass is 372 g/mol. The third-order valence-corrected chi connectivity index (χ3v) is 4.37. The van der Waals surface area contributed by atoms with E-state index in [9.17, 15) is 0 Å². The van der Waals surface area contributed by atoms with E-state index in [0.29, 0.717) is 0 Å². The van der Waals surface area contributed by atoms with Gasteiger partial charge in [-0.1, -0.05) is 23.7 Å². The molecule has 1 unspecified atom stereocenters. The molecule has 0 aliphatic heterocycles. The van der Waals surface area contributed by atoms with Gasteiger partial charge in [0.2, 0.25) is 0 Å². The van der Waals surface area contributed by atoms with Crippen molar-refractivity contribution in [1.82, 2.24) is 10.3 Å². The maximum atomic E-state index is 6.18. The van der Waals surface area contributed by atoms with Gasteiger partial charge in [0.1, 0.15) is 0 Å². The van der Waals surface area contributed by atoms with E-state index in [1.54, 1.807) is 0 Å². The lowest BCUT2D eigenvalue weighted by Gasteiger charge is -2.17. The molecule has 0 spiro atoms. The van der Waals surface area contributed by atoms with Crippen molar-refractivity contribution in [1.29, 1.82) is 0 Å². The first kappa shape index (κ1) is 13.8. The Kier molecular flexibility index (Phi) is 4.59. The smallest absolute Gasteiger partial charge is 0.0590 e. The van der Waals surface area contributed by atoms with Gasteiger partial charge in [-0.3, -0.25) is 4.98 Å². The van der Waals surface area contributed by atoms with Crippen molar-refractivity contribution in [2.24, 2.45) is 0 Å². The predicted octanol–water partition coefficient (Wildman–Crippen LogP) is 3.96. The zero-order valence-corrected chi connectivity index (χ0v) is 13.2. The maximum absolute atomic E-state index is 6.18. The average molecular weight is 373 g/mol. The van der Waals surface area contributed by atoms with E-state index in [0.717, 1.165) is 25.3 Å². The Hall–Kier alpha value is -0.650. The molecule has 0 bridgehead atoms. The summed E-state index contributed by atoms with van der Waals surface area (Å²) in [5.41, 5.74) is 3.45. The van der Waals surface area contributed by atoms with Crippen LogP contribution in [-0.2, 0) is 0 Å². The molecule has 1 heterocycles. The standard InChI is InChI=1S/C14H14ClIN2/c1-9-5-11(8-18-7-9)14(17-2)10-3-4-13(16)12(15)6-10/h3-8,14,17H,1-2H3. The summed E-state index contributed by atoms with van der Waals surface area (Å²) in [6, 6.07) is 8.39. The van der Waals surface area contributed by atoms with Crippen molar-refractivity contribution < 1.29 is 0 Å². The molecule has 18 heavy (non-hydrogen) atoms. The maximum Gasteiger partial charge on any atom is 0.0590 e. The molecule has 0 saturated heterocycles. The second kappa shape index (κ2) is 5.99. The first-order chi connectivity index (χ1) is 8.61. The highest BCUT2D eigenvalue weighted by atomic mass is 127. The van der Waals surface area contributed by atoms with Gasteiger partial charge in [0.05, 0.1) is 11.1 Å². The van der Waals surface area contributed by atoms with Crippen LogP contribution in [0.3, 0.4) is 0 Å². The normalized spacial score (nSPS) is 12.4. The van der Waals surface area contributed by atoms with Crippen LogP contribution >= 0.6 is 34.2 Å². The average Bonchev–Trinajstić information content (AvgIpc) is 2.35. The fraction of sp³-hybridized carbons (Fsp3) is 0.214. The summed E-state index contributed by atoms with van der Waals surface area (Å²) < 4.78 is 1.07. The van der Waals surface area contributed by atoms with Gasteiger partial charge >= 0.3 is 0 Å². The number of benzene rings is 1. The van der Waals surface area contributed by atoms with Crippen LogP contribution in [0, 0.1) is 10.5 Å². The number of nitrogens with one attached hydrogen (secondary N) is 1. The topological polar surface area (TPSA) is 24.9 Å². The molecule has 2 nitrogen and oxygen atoms in total. The largest absolute Gasteiger partial charge is 0.309 e. The van der Waals surface area contributed by atoms with E-state index >= 15 is 0 Å². The molecule has 0 amide bonds. The van der Waals surface area contributed by atoms with Gasteiger partial charge in [0, 0.05) is 16.0 Å². The molecule has 1 atom stereocenters. The fourth-order valence-electron chi connectivity index (χ4n) is 1.95. The molecule has 94 valence electrons. The Labute approximate surface area is 126 Å². The van der Waals surface area contributed by atoms with Gasteiger partial charge in [-0.25, -0.2) is 0 Å². The molecule has 2 rings (SSSR count). The van der Waals surface area contributed by atoms with Gasteiger partial charge in [0.15, 0.2) is 0 Å². The molecule has 2 aromatic rings. The van der Waals surface area contributed by atoms with Gasteiger partial charge in [-0.2, -0.15) is 0 Å². The van der Waals surface area contributed by atoms with E-state index < -0.39 is 0 Å². The third-order valence-electron chi connectivity index (χ3n) is 2.80. The summed E-state index contributed by atoms with van der Waals surface area (Å²) in [5, 5.41) is 4.09. The predicted molar refractivity (Wildman–Crippen MR) is 84.0 cm³/mol. The quantitative estimate of drug-likeness (QED) is 0.825. The highest BCUT2D eigenvalue weighted by Crippen LogP contribution is 2.27. The summed E-state index contributed by atoms with van der Waals surface area (Å²) in [5.74, 6) is 0. The zero-order valence-electron chi connectivity index (χ0n) is 10.2. The van der Waals surface area contributed by atoms with Crippen LogP contribution in [0.5, 0.6) is 0 Å². The lowest BCUT2D eigenvalue weighted by Crippen LogP contribution is -2.18. The second-order valence-electron chi connectivity index (χ2n) is 4.19. The van der Waals surface area contributed by atoms with Crippen LogP contribution in [0.1, 0.15) is 22.7 Å². The van der Waals surface area contributed by atoms with Gasteiger partial charge in [-0.15, -0.1) is 0 Å². The summed E-state index contributed by atoms with van der Waals surface area (Å²) >= 11 is 8.41. The third kappa shape index (κ3) is 3.02. The number of hydrogen-bond donors (Lipinski definition) is 1. The van der Waals surface area contributed by atoms with Crippen LogP contribution in [0.2, 0.25) is 5.02 Å². The Morgan fingerprint density at radius 3 is 2.61 bits per heavy atom. The molecule has 0 saturated carbocycles. The van der Waals surface area contributed by atoms with E-state index in [1.807, 2.05) is 38.5 Å². The van der Waals surface area contributed by atoms with Crippen LogP contribution in [0.4, 0.5) is 0 Å². The number of pyridine rings is 1. The summed E-state index contributed by atoms with van der Waals surface area (Å²) in [4.78, 5) is 4.24. The van der Waals surface area contributed by atoms with Crippen molar-refractivity contribution in [2.75, 3.05) is 7.05 Å². The molecule has 0 fully saturated rings. The van der Waals surface area contributed by atoms with Gasteiger partial charge < -0.3 is 5.32 Å². The Morgan fingerprint density at radius 1 is 1.22 bits per heavy atom. The number of halogens is 2. The molecular formula is C14H14ClIN2. The fourth-order valence-corrected chi connectivity index (χ4v) is 2.48. The SMILES string of the molecule is CNC(c1cncc(C)c1)c1ccc(I)c(Cl)c1. The minimum Gasteiger partial charge on any atom is -0.309 e. The van der Waals surface area contributed by atoms with Crippen LogP contribution in [-0.4, -0.2) is 12.0 Å². The molecule has 1 N–H and O–H groups in total. The molecule has 1 aromatic carbocycles. The first-order valence-electron chi connectivity index (χ1n) is 5.65. The van der Waals surface area contributed by atoms with Crippen molar-refractivity contribution in [3.8, 4) is 0 Å². The Balaban J connectivity index is 2.42. The van der Waals surface area contributed by atoms with Gasteiger partial charge in [-0.05, 0) is 65.4 Å². The zero-order chi connectivity index (χ0) is 13.1. The second-order valence-corrected chi connectivity index (χ2v) is 5.76. The highest BCUT2D eigenvalue weighted by Gasteiger charge is 2.13.